The minimum Gasteiger partial charge on any atom is -0.480 e. The highest BCUT2D eigenvalue weighted by molar-refractivity contribution is 7.12. The van der Waals surface area contributed by atoms with Gasteiger partial charge < -0.3 is 15.3 Å². The second kappa shape index (κ2) is 4.85. The summed E-state index contributed by atoms with van der Waals surface area (Å²) in [4.78, 5) is 25.4. The second-order valence-corrected chi connectivity index (χ2v) is 4.91. The Morgan fingerprint density at radius 2 is 2.35 bits per heavy atom. The molecule has 0 spiro atoms. The van der Waals surface area contributed by atoms with Crippen LogP contribution in [0.25, 0.3) is 0 Å². The lowest BCUT2D eigenvalue weighted by molar-refractivity contribution is -0.142. The molecule has 2 rings (SSSR count). The van der Waals surface area contributed by atoms with Crippen molar-refractivity contribution in [3.63, 3.8) is 0 Å². The van der Waals surface area contributed by atoms with Crippen molar-refractivity contribution in [2.24, 2.45) is 0 Å². The molecule has 1 saturated heterocycles. The van der Waals surface area contributed by atoms with Gasteiger partial charge in [0.25, 0.3) is 5.91 Å². The monoisotopic (exact) mass is 254 g/mol. The molecule has 1 aliphatic rings. The molecule has 17 heavy (non-hydrogen) atoms. The molecular formula is C11H14N2O3S. The highest BCUT2D eigenvalue weighted by atomic mass is 32.1. The summed E-state index contributed by atoms with van der Waals surface area (Å²) in [5, 5.41) is 13.9. The smallest absolute Gasteiger partial charge is 0.327 e. The van der Waals surface area contributed by atoms with E-state index in [0.29, 0.717) is 24.5 Å². The van der Waals surface area contributed by atoms with Crippen LogP contribution < -0.4 is 5.32 Å². The average molecular weight is 254 g/mol. The average Bonchev–Trinajstić information content (AvgIpc) is 2.74. The molecule has 6 heteroatoms. The van der Waals surface area contributed by atoms with Gasteiger partial charge in [0.15, 0.2) is 0 Å². The predicted molar refractivity (Wildman–Crippen MR) is 64.4 cm³/mol. The third kappa shape index (κ3) is 2.32. The van der Waals surface area contributed by atoms with E-state index in [1.807, 2.05) is 18.4 Å². The van der Waals surface area contributed by atoms with Crippen LogP contribution in [0.15, 0.2) is 11.4 Å². The SMILES string of the molecule is Cc1ccsc1C(=O)N1CCNC[C@H]1C(=O)O. The van der Waals surface area contributed by atoms with Gasteiger partial charge in [-0.2, -0.15) is 0 Å². The van der Waals surface area contributed by atoms with Crippen LogP contribution in [0.2, 0.25) is 0 Å². The molecule has 2 heterocycles. The van der Waals surface area contributed by atoms with Gasteiger partial charge in [-0.1, -0.05) is 0 Å². The van der Waals surface area contributed by atoms with Crippen LogP contribution in [0.5, 0.6) is 0 Å². The lowest BCUT2D eigenvalue weighted by Crippen LogP contribution is -2.56. The van der Waals surface area contributed by atoms with Gasteiger partial charge in [0.1, 0.15) is 6.04 Å². The summed E-state index contributed by atoms with van der Waals surface area (Å²) < 4.78 is 0. The Bertz CT molecular complexity index is 444. The van der Waals surface area contributed by atoms with Crippen LogP contribution in [0.4, 0.5) is 0 Å². The van der Waals surface area contributed by atoms with Gasteiger partial charge in [0.2, 0.25) is 0 Å². The number of carboxylic acids is 1. The molecule has 0 bridgehead atoms. The molecule has 2 N–H and O–H groups in total. The first-order valence-corrected chi connectivity index (χ1v) is 6.28. The second-order valence-electron chi connectivity index (χ2n) is 3.99. The van der Waals surface area contributed by atoms with Crippen molar-refractivity contribution in [2.75, 3.05) is 19.6 Å². The fraction of sp³-hybridized carbons (Fsp3) is 0.455. The molecule has 1 amide bonds. The quantitative estimate of drug-likeness (QED) is 0.809. The fourth-order valence-electron chi connectivity index (χ4n) is 1.89. The molecule has 0 aliphatic carbocycles. The number of aliphatic carboxylic acids is 1. The van der Waals surface area contributed by atoms with Crippen LogP contribution in [0.3, 0.4) is 0 Å². The number of carbonyl (C=O) groups excluding carboxylic acids is 1. The van der Waals surface area contributed by atoms with Crippen LogP contribution >= 0.6 is 11.3 Å². The van der Waals surface area contributed by atoms with E-state index in [9.17, 15) is 9.59 Å². The highest BCUT2D eigenvalue weighted by Gasteiger charge is 2.33. The third-order valence-electron chi connectivity index (χ3n) is 2.85. The zero-order valence-electron chi connectivity index (χ0n) is 9.47. The largest absolute Gasteiger partial charge is 0.480 e. The Labute approximate surface area is 103 Å². The third-order valence-corrected chi connectivity index (χ3v) is 3.85. The van der Waals surface area contributed by atoms with Gasteiger partial charge in [-0.05, 0) is 23.9 Å². The Kier molecular flexibility index (Phi) is 3.44. The number of aryl methyl sites for hydroxylation is 1. The first-order chi connectivity index (χ1) is 8.11. The van der Waals surface area contributed by atoms with Crippen molar-refractivity contribution in [3.8, 4) is 0 Å². The number of rotatable bonds is 2. The van der Waals surface area contributed by atoms with Crippen molar-refractivity contribution in [2.45, 2.75) is 13.0 Å². The normalized spacial score (nSPS) is 20.3. The summed E-state index contributed by atoms with van der Waals surface area (Å²) in [7, 11) is 0. The summed E-state index contributed by atoms with van der Waals surface area (Å²) in [6.07, 6.45) is 0. The number of carboxylic acid groups (broad SMARTS) is 1. The molecule has 5 nitrogen and oxygen atoms in total. The van der Waals surface area contributed by atoms with E-state index >= 15 is 0 Å². The zero-order chi connectivity index (χ0) is 12.4. The maximum absolute atomic E-state index is 12.2. The predicted octanol–water partition coefficient (Wildman–Crippen LogP) is 0.555. The van der Waals surface area contributed by atoms with Gasteiger partial charge in [-0.15, -0.1) is 11.3 Å². The van der Waals surface area contributed by atoms with Gasteiger partial charge >= 0.3 is 5.97 Å². The Morgan fingerprint density at radius 3 is 2.94 bits per heavy atom. The molecule has 1 atom stereocenters. The number of carbonyl (C=O) groups is 2. The number of nitrogens with zero attached hydrogens (tertiary/aromatic N) is 1. The highest BCUT2D eigenvalue weighted by Crippen LogP contribution is 2.19. The standard InChI is InChI=1S/C11H14N2O3S/c1-7-2-5-17-9(7)10(14)13-4-3-12-6-8(13)11(15)16/h2,5,8,12H,3-4,6H2,1H3,(H,15,16)/t8-/m0/s1. The van der Waals surface area contributed by atoms with Crippen molar-refractivity contribution in [1.29, 1.82) is 0 Å². The molecule has 0 radical (unpaired) electrons. The lowest BCUT2D eigenvalue weighted by atomic mass is 10.1. The lowest BCUT2D eigenvalue weighted by Gasteiger charge is -2.33. The minimum absolute atomic E-state index is 0.175. The number of thiophene rings is 1. The van der Waals surface area contributed by atoms with Crippen molar-refractivity contribution >= 4 is 23.2 Å². The van der Waals surface area contributed by atoms with E-state index in [1.165, 1.54) is 16.2 Å². The Hall–Kier alpha value is -1.40. The molecule has 0 unspecified atom stereocenters. The summed E-state index contributed by atoms with van der Waals surface area (Å²) in [5.41, 5.74) is 0.905. The Balaban J connectivity index is 2.23. The molecule has 0 saturated carbocycles. The van der Waals surface area contributed by atoms with Crippen LogP contribution in [-0.4, -0.2) is 47.6 Å². The van der Waals surface area contributed by atoms with Crippen molar-refractivity contribution in [3.05, 3.63) is 21.9 Å². The molecular weight excluding hydrogens is 240 g/mol. The van der Waals surface area contributed by atoms with E-state index in [1.54, 1.807) is 0 Å². The van der Waals surface area contributed by atoms with Crippen LogP contribution in [0, 0.1) is 6.92 Å². The van der Waals surface area contributed by atoms with Gasteiger partial charge in [0, 0.05) is 19.6 Å². The first kappa shape index (κ1) is 12.1. The van der Waals surface area contributed by atoms with Gasteiger partial charge in [-0.25, -0.2) is 4.79 Å². The zero-order valence-corrected chi connectivity index (χ0v) is 10.3. The maximum atomic E-state index is 12.2. The van der Waals surface area contributed by atoms with E-state index in [2.05, 4.69) is 5.32 Å². The van der Waals surface area contributed by atoms with Crippen LogP contribution in [-0.2, 0) is 4.79 Å². The summed E-state index contributed by atoms with van der Waals surface area (Å²) >= 11 is 1.36. The summed E-state index contributed by atoms with van der Waals surface area (Å²) in [5.74, 6) is -1.13. The Morgan fingerprint density at radius 1 is 1.59 bits per heavy atom. The van der Waals surface area contributed by atoms with Gasteiger partial charge in [0.05, 0.1) is 4.88 Å². The number of piperazine rings is 1. The fourth-order valence-corrected chi connectivity index (χ4v) is 2.77. The maximum Gasteiger partial charge on any atom is 0.327 e. The molecule has 0 aromatic carbocycles. The number of hydrogen-bond donors (Lipinski definition) is 2. The van der Waals surface area contributed by atoms with Crippen molar-refractivity contribution < 1.29 is 14.7 Å². The van der Waals surface area contributed by atoms with E-state index < -0.39 is 12.0 Å². The van der Waals surface area contributed by atoms with E-state index in [4.69, 9.17) is 5.11 Å². The molecule has 92 valence electrons. The minimum atomic E-state index is -0.959. The first-order valence-electron chi connectivity index (χ1n) is 5.40. The van der Waals surface area contributed by atoms with Crippen LogP contribution in [0.1, 0.15) is 15.2 Å². The molecule has 1 aliphatic heterocycles. The summed E-state index contributed by atoms with van der Waals surface area (Å²) in [6.45, 7) is 3.25. The summed E-state index contributed by atoms with van der Waals surface area (Å²) in [6, 6.07) is 1.10. The number of amides is 1. The molecule has 1 aromatic rings. The molecule has 1 fully saturated rings. The molecule has 1 aromatic heterocycles. The van der Waals surface area contributed by atoms with Crippen molar-refractivity contribution in [1.82, 2.24) is 10.2 Å². The number of nitrogens with one attached hydrogen (secondary N) is 1. The topological polar surface area (TPSA) is 69.6 Å². The number of hydrogen-bond acceptors (Lipinski definition) is 4. The van der Waals surface area contributed by atoms with E-state index in [-0.39, 0.29) is 5.91 Å². The van der Waals surface area contributed by atoms with E-state index in [0.717, 1.165) is 5.56 Å². The van der Waals surface area contributed by atoms with Gasteiger partial charge in [-0.3, -0.25) is 4.79 Å².